The third-order valence-electron chi connectivity index (χ3n) is 17.7. The first-order chi connectivity index (χ1) is 41.2. The van der Waals surface area contributed by atoms with Crippen molar-refractivity contribution in [3.63, 3.8) is 0 Å². The molecule has 0 atom stereocenters. The van der Waals surface area contributed by atoms with Crippen LogP contribution in [-0.2, 0) is 0 Å². The zero-order chi connectivity index (χ0) is 54.9. The normalized spacial score (nSPS) is 12.1. The van der Waals surface area contributed by atoms with Crippen LogP contribution in [0.1, 0.15) is 0 Å². The zero-order valence-corrected chi connectivity index (χ0v) is 47.6. The molecule has 3 heterocycles. The van der Waals surface area contributed by atoms with Crippen LogP contribution in [0.3, 0.4) is 0 Å². The molecule has 13 aromatic carbocycles. The quantitative estimate of drug-likeness (QED) is 0.0906. The Balaban J connectivity index is 0.994. The Morgan fingerprint density at radius 2 is 0.518 bits per heavy atom. The van der Waals surface area contributed by atoms with Gasteiger partial charge in [0.1, 0.15) is 0 Å². The Kier molecular flexibility index (Phi) is 11.6. The molecule has 0 saturated heterocycles. The Bertz CT molecular complexity index is 4820. The molecule has 3 aromatic heterocycles. The number of para-hydroxylation sites is 4. The van der Waals surface area contributed by atoms with Gasteiger partial charge in [0, 0.05) is 49.4 Å². The van der Waals surface area contributed by atoms with Crippen LogP contribution in [0.25, 0.3) is 82.5 Å². The predicted molar refractivity (Wildman–Crippen MR) is 357 cm³/mol. The monoisotopic (exact) mass is 1090 g/mol. The topological polar surface area (TPSA) is 14.8 Å². The van der Waals surface area contributed by atoms with E-state index in [9.17, 15) is 0 Å². The summed E-state index contributed by atoms with van der Waals surface area (Å²) in [5.74, 6) is 0. The molecule has 0 aliphatic carbocycles. The van der Waals surface area contributed by atoms with Gasteiger partial charge in [0.25, 0.3) is 0 Å². The fourth-order valence-electron chi connectivity index (χ4n) is 14.3. The molecule has 0 unspecified atom stereocenters. The summed E-state index contributed by atoms with van der Waals surface area (Å²) < 4.78 is 7.59. The van der Waals surface area contributed by atoms with Crippen LogP contribution < -0.4 is 41.5 Å². The summed E-state index contributed by atoms with van der Waals surface area (Å²) in [7, 11) is -5.93. The molecular weight excluding hydrogens is 1040 g/mol. The summed E-state index contributed by atoms with van der Waals surface area (Å²) in [5, 5.41) is 18.1. The highest BCUT2D eigenvalue weighted by Gasteiger charge is 2.44. The maximum absolute atomic E-state index is 3.09. The fraction of sp³-hybridized carbons (Fsp3) is 0. The molecule has 0 radical (unpaired) electrons. The van der Waals surface area contributed by atoms with E-state index in [0.717, 1.165) is 28.1 Å². The van der Waals surface area contributed by atoms with Crippen molar-refractivity contribution in [2.45, 2.75) is 0 Å². The van der Waals surface area contributed by atoms with Crippen molar-refractivity contribution in [1.29, 1.82) is 0 Å². The lowest BCUT2D eigenvalue weighted by atomic mass is 10.1. The summed E-state index contributed by atoms with van der Waals surface area (Å²) in [6.07, 6.45) is 0. The number of rotatable bonds is 11. The maximum atomic E-state index is 2.62. The van der Waals surface area contributed by atoms with Gasteiger partial charge >= 0.3 is 0 Å². The van der Waals surface area contributed by atoms with Gasteiger partial charge in [-0.25, -0.2) is 0 Å². The van der Waals surface area contributed by atoms with E-state index < -0.39 is 16.1 Å². The van der Waals surface area contributed by atoms with Crippen molar-refractivity contribution in [2.24, 2.45) is 0 Å². The summed E-state index contributed by atoms with van der Waals surface area (Å²) in [5.41, 5.74) is 10.5. The van der Waals surface area contributed by atoms with E-state index in [4.69, 9.17) is 0 Å². The third kappa shape index (κ3) is 7.42. The van der Waals surface area contributed by atoms with Crippen LogP contribution in [0.4, 0.5) is 0 Å². The van der Waals surface area contributed by atoms with Gasteiger partial charge in [-0.05, 0) is 102 Å². The highest BCUT2D eigenvalue weighted by atomic mass is 28.3. The minimum Gasteiger partial charge on any atom is -0.309 e. The van der Waals surface area contributed by atoms with E-state index in [1.54, 1.807) is 0 Å². The smallest absolute Gasteiger partial charge is 0.181 e. The second-order valence-electron chi connectivity index (χ2n) is 21.9. The molecule has 3 nitrogen and oxygen atoms in total. The van der Waals surface area contributed by atoms with Gasteiger partial charge < -0.3 is 13.7 Å². The molecule has 0 fully saturated rings. The molecule has 16 rings (SSSR count). The average molecular weight is 1090 g/mol. The van der Waals surface area contributed by atoms with E-state index in [0.29, 0.717) is 0 Å². The number of aromatic nitrogens is 3. The first-order valence-electron chi connectivity index (χ1n) is 28.8. The first kappa shape index (κ1) is 48.6. The number of nitrogens with zero attached hydrogens (tertiary/aromatic N) is 3. The van der Waals surface area contributed by atoms with Gasteiger partial charge in [-0.15, -0.1) is 0 Å². The lowest BCUT2D eigenvalue weighted by Gasteiger charge is -2.35. The van der Waals surface area contributed by atoms with E-state index in [1.165, 1.54) is 95.9 Å². The molecule has 0 spiro atoms. The van der Waals surface area contributed by atoms with E-state index >= 15 is 0 Å². The lowest BCUT2D eigenvalue weighted by molar-refractivity contribution is 1.15. The summed E-state index contributed by atoms with van der Waals surface area (Å²) in [6, 6.07) is 125. The molecule has 0 bridgehead atoms. The molecule has 0 N–H and O–H groups in total. The Hall–Kier alpha value is -10.3. The van der Waals surface area contributed by atoms with Crippen molar-refractivity contribution in [3.8, 4) is 17.1 Å². The van der Waals surface area contributed by atoms with Crippen LogP contribution in [0.2, 0.25) is 0 Å². The average Bonchev–Trinajstić information content (AvgIpc) is 2.32. The van der Waals surface area contributed by atoms with E-state index in [-0.39, 0.29) is 0 Å². The van der Waals surface area contributed by atoms with Crippen molar-refractivity contribution < 1.29 is 0 Å². The van der Waals surface area contributed by atoms with Crippen molar-refractivity contribution >= 4 is 123 Å². The fourth-order valence-corrected chi connectivity index (χ4v) is 24.1. The number of hydrogen-bond donors (Lipinski definition) is 0. The second kappa shape index (κ2) is 19.7. The van der Waals surface area contributed by atoms with Crippen LogP contribution >= 0.6 is 0 Å². The lowest BCUT2D eigenvalue weighted by Crippen LogP contribution is -2.75. The molecular formula is C78H55N3Si2. The minimum atomic E-state index is -3.09. The summed E-state index contributed by atoms with van der Waals surface area (Å²) >= 11 is 0. The molecule has 83 heavy (non-hydrogen) atoms. The number of benzene rings is 13. The van der Waals surface area contributed by atoms with Crippen LogP contribution in [0.5, 0.6) is 0 Å². The SMILES string of the molecule is c1ccc([Si](c2ccccc2)(c2ccccc2)c2cccc(-n3c4ccccc4c4cc(-n5c6cc(-n7c8ccccc8c8ccccc87)ccc6c6cccc([Si](c7ccccc7)(c7ccccc7)c7ccccc7)c65)ccc43)c2)cc1. The van der Waals surface area contributed by atoms with Crippen molar-refractivity contribution in [2.75, 3.05) is 0 Å². The first-order valence-corrected chi connectivity index (χ1v) is 32.8. The summed E-state index contributed by atoms with van der Waals surface area (Å²) in [6.45, 7) is 0. The van der Waals surface area contributed by atoms with Crippen molar-refractivity contribution in [1.82, 2.24) is 13.7 Å². The molecule has 0 aliphatic rings. The van der Waals surface area contributed by atoms with Crippen LogP contribution in [0.15, 0.2) is 334 Å². The Morgan fingerprint density at radius 3 is 1.00 bits per heavy atom. The zero-order valence-electron chi connectivity index (χ0n) is 45.6. The van der Waals surface area contributed by atoms with Crippen molar-refractivity contribution in [3.05, 3.63) is 334 Å². The van der Waals surface area contributed by atoms with Gasteiger partial charge in [0.15, 0.2) is 16.1 Å². The highest BCUT2D eigenvalue weighted by molar-refractivity contribution is 7.21. The molecule has 0 aliphatic heterocycles. The molecule has 0 saturated carbocycles. The molecule has 0 amide bonds. The Labute approximate surface area is 484 Å². The number of fused-ring (bicyclic) bond motifs is 9. The molecule has 5 heteroatoms. The molecule has 16 aromatic rings. The largest absolute Gasteiger partial charge is 0.309 e. The Morgan fingerprint density at radius 1 is 0.181 bits per heavy atom. The van der Waals surface area contributed by atoms with Crippen LogP contribution in [0, 0.1) is 0 Å². The predicted octanol–water partition coefficient (Wildman–Crippen LogP) is 13.7. The van der Waals surface area contributed by atoms with E-state index in [1.807, 2.05) is 0 Å². The maximum Gasteiger partial charge on any atom is 0.181 e. The standard InChI is InChI=1S/C78H55N3Si2/c1-7-28-59(29-8-1)82(60-30-9-2-10-31-60,61-32-11-3-12-33-61)65-40-25-27-56(53-65)79-74-47-24-21-43-68(74)71-54-57(50-52-75(71)79)81-76-55-58(80-72-45-22-19-41-66(72)67-42-20-23-46-73(67)80)49-51-69(76)70-44-26-48-77(78(70)81)83(62-34-13-4-14-35-62,63-36-15-5-16-37-63)64-38-17-6-18-39-64/h1-55H. The number of hydrogen-bond acceptors (Lipinski definition) is 0. The third-order valence-corrected chi connectivity index (χ3v) is 27.3. The van der Waals surface area contributed by atoms with Gasteiger partial charge in [-0.1, -0.05) is 273 Å². The minimum absolute atomic E-state index is 1.11. The summed E-state index contributed by atoms with van der Waals surface area (Å²) in [4.78, 5) is 0. The van der Waals surface area contributed by atoms with Gasteiger partial charge in [0.05, 0.1) is 33.1 Å². The van der Waals surface area contributed by atoms with Crippen LogP contribution in [-0.4, -0.2) is 29.8 Å². The second-order valence-corrected chi connectivity index (χ2v) is 29.5. The molecule has 390 valence electrons. The highest BCUT2D eigenvalue weighted by Crippen LogP contribution is 2.40. The van der Waals surface area contributed by atoms with Gasteiger partial charge in [-0.3, -0.25) is 0 Å². The van der Waals surface area contributed by atoms with Gasteiger partial charge in [-0.2, -0.15) is 0 Å². The van der Waals surface area contributed by atoms with Gasteiger partial charge in [0.2, 0.25) is 0 Å². The van der Waals surface area contributed by atoms with E-state index in [2.05, 4.69) is 347 Å².